The van der Waals surface area contributed by atoms with Crippen LogP contribution in [-0.4, -0.2) is 32.2 Å². The lowest BCUT2D eigenvalue weighted by Gasteiger charge is -2.39. The molecule has 24 heavy (non-hydrogen) atoms. The van der Waals surface area contributed by atoms with Crippen LogP contribution in [0.2, 0.25) is 0 Å². The van der Waals surface area contributed by atoms with Crippen LogP contribution in [0.15, 0.2) is 54.7 Å². The Morgan fingerprint density at radius 3 is 2.62 bits per heavy atom. The fraction of sp³-hybridized carbons (Fsp3) is 0.353. The molecule has 0 radical (unpaired) electrons. The Bertz CT molecular complexity index is 766. The zero-order valence-electron chi connectivity index (χ0n) is 13.3. The van der Waals surface area contributed by atoms with E-state index in [1.807, 2.05) is 36.4 Å². The Labute approximate surface area is 141 Å². The van der Waals surface area contributed by atoms with Gasteiger partial charge in [0.05, 0.1) is 25.4 Å². The van der Waals surface area contributed by atoms with E-state index in [4.69, 9.17) is 13.7 Å². The molecule has 0 spiro atoms. The van der Waals surface area contributed by atoms with Crippen LogP contribution in [0.1, 0.15) is 23.8 Å². The third-order valence-corrected chi connectivity index (χ3v) is 4.15. The number of benzene rings is 1. The molecule has 7 heteroatoms. The van der Waals surface area contributed by atoms with Crippen molar-refractivity contribution in [3.63, 3.8) is 0 Å². The minimum atomic E-state index is -3.79. The number of hydrogen-bond acceptors (Lipinski definition) is 6. The molecule has 1 aliphatic rings. The SMILES string of the molecule is CS(=O)(=O)OC1(Cc2ccccn2)OCCC(c2ccccc2)O1. The van der Waals surface area contributed by atoms with Crippen LogP contribution in [0.3, 0.4) is 0 Å². The highest BCUT2D eigenvalue weighted by Crippen LogP contribution is 2.36. The molecular formula is C17H19NO5S. The summed E-state index contributed by atoms with van der Waals surface area (Å²) in [6.45, 7) is 0.321. The summed E-state index contributed by atoms with van der Waals surface area (Å²) in [5, 5.41) is 0. The van der Waals surface area contributed by atoms with E-state index in [1.165, 1.54) is 0 Å². The summed E-state index contributed by atoms with van der Waals surface area (Å²) in [6, 6.07) is 15.0. The predicted octanol–water partition coefficient (Wildman–Crippen LogP) is 2.43. The van der Waals surface area contributed by atoms with Gasteiger partial charge < -0.3 is 9.47 Å². The van der Waals surface area contributed by atoms with Gasteiger partial charge in [0.15, 0.2) is 0 Å². The lowest BCUT2D eigenvalue weighted by atomic mass is 10.1. The Morgan fingerprint density at radius 2 is 1.96 bits per heavy atom. The van der Waals surface area contributed by atoms with E-state index in [-0.39, 0.29) is 12.5 Å². The van der Waals surface area contributed by atoms with E-state index in [1.54, 1.807) is 18.3 Å². The number of aromatic nitrogens is 1. The maximum atomic E-state index is 11.7. The molecule has 0 amide bonds. The van der Waals surface area contributed by atoms with Crippen molar-refractivity contribution in [2.45, 2.75) is 24.9 Å². The van der Waals surface area contributed by atoms with Gasteiger partial charge in [-0.1, -0.05) is 36.4 Å². The highest BCUT2D eigenvalue weighted by molar-refractivity contribution is 7.86. The van der Waals surface area contributed by atoms with Crippen LogP contribution >= 0.6 is 0 Å². The van der Waals surface area contributed by atoms with Crippen molar-refractivity contribution in [1.29, 1.82) is 0 Å². The van der Waals surface area contributed by atoms with Gasteiger partial charge in [-0.15, -0.1) is 0 Å². The van der Waals surface area contributed by atoms with Crippen LogP contribution in [0.25, 0.3) is 0 Å². The molecule has 0 bridgehead atoms. The molecule has 0 N–H and O–H groups in total. The minimum absolute atomic E-state index is 0.0737. The third-order valence-electron chi connectivity index (χ3n) is 3.60. The third kappa shape index (κ3) is 4.39. The molecular weight excluding hydrogens is 330 g/mol. The van der Waals surface area contributed by atoms with Crippen molar-refractivity contribution in [1.82, 2.24) is 4.98 Å². The normalized spacial score (nSPS) is 24.6. The minimum Gasteiger partial charge on any atom is -0.326 e. The number of nitrogens with zero attached hydrogens (tertiary/aromatic N) is 1. The van der Waals surface area contributed by atoms with E-state index in [0.717, 1.165) is 11.8 Å². The van der Waals surface area contributed by atoms with Gasteiger partial charge in [-0.2, -0.15) is 8.42 Å². The summed E-state index contributed by atoms with van der Waals surface area (Å²) in [7, 11) is -3.79. The maximum Gasteiger partial charge on any atom is 0.304 e. The molecule has 2 aromatic rings. The summed E-state index contributed by atoms with van der Waals surface area (Å²) >= 11 is 0. The number of pyridine rings is 1. The highest BCUT2D eigenvalue weighted by Gasteiger charge is 2.44. The molecule has 1 fully saturated rings. The number of rotatable bonds is 5. The largest absolute Gasteiger partial charge is 0.326 e. The monoisotopic (exact) mass is 349 g/mol. The second-order valence-corrected chi connectivity index (χ2v) is 7.20. The smallest absolute Gasteiger partial charge is 0.304 e. The van der Waals surface area contributed by atoms with Crippen molar-refractivity contribution in [3.8, 4) is 0 Å². The highest BCUT2D eigenvalue weighted by atomic mass is 32.2. The van der Waals surface area contributed by atoms with Gasteiger partial charge in [0.25, 0.3) is 10.1 Å². The van der Waals surface area contributed by atoms with E-state index >= 15 is 0 Å². The molecule has 1 aromatic carbocycles. The standard InChI is InChI=1S/C17H19NO5S/c1-24(19,20)23-17(13-15-9-5-6-11-18-15)21-12-10-16(22-17)14-7-3-2-4-8-14/h2-9,11,16H,10,12-13H2,1H3. The first kappa shape index (κ1) is 17.0. The number of hydrogen-bond donors (Lipinski definition) is 0. The van der Waals surface area contributed by atoms with E-state index in [2.05, 4.69) is 4.98 Å². The molecule has 6 nitrogen and oxygen atoms in total. The van der Waals surface area contributed by atoms with Crippen LogP contribution in [0.5, 0.6) is 0 Å². The summed E-state index contributed by atoms with van der Waals surface area (Å²) in [5.41, 5.74) is 1.57. The summed E-state index contributed by atoms with van der Waals surface area (Å²) in [6.07, 6.45) is 2.98. The lowest BCUT2D eigenvalue weighted by Crippen LogP contribution is -2.47. The van der Waals surface area contributed by atoms with Crippen molar-refractivity contribution in [2.75, 3.05) is 12.9 Å². The van der Waals surface area contributed by atoms with Crippen molar-refractivity contribution < 1.29 is 22.1 Å². The van der Waals surface area contributed by atoms with Crippen molar-refractivity contribution in [2.24, 2.45) is 0 Å². The first-order valence-corrected chi connectivity index (χ1v) is 9.45. The van der Waals surface area contributed by atoms with Gasteiger partial charge in [0, 0.05) is 18.3 Å². The van der Waals surface area contributed by atoms with E-state index in [9.17, 15) is 8.42 Å². The Kier molecular flexibility index (Phi) is 4.96. The van der Waals surface area contributed by atoms with Gasteiger partial charge in [0.2, 0.25) is 0 Å². The quantitative estimate of drug-likeness (QED) is 0.772. The molecule has 2 heterocycles. The second-order valence-electron chi connectivity index (χ2n) is 5.62. The lowest BCUT2D eigenvalue weighted by molar-refractivity contribution is -0.384. The summed E-state index contributed by atoms with van der Waals surface area (Å²) in [4.78, 5) is 4.21. The summed E-state index contributed by atoms with van der Waals surface area (Å²) in [5.74, 6) is -1.71. The second kappa shape index (κ2) is 6.98. The van der Waals surface area contributed by atoms with E-state index in [0.29, 0.717) is 18.7 Å². The molecule has 128 valence electrons. The van der Waals surface area contributed by atoms with E-state index < -0.39 is 16.1 Å². The average Bonchev–Trinajstić information content (AvgIpc) is 2.55. The Morgan fingerprint density at radius 1 is 1.21 bits per heavy atom. The van der Waals surface area contributed by atoms with Crippen molar-refractivity contribution in [3.05, 3.63) is 66.0 Å². The molecule has 1 saturated heterocycles. The molecule has 2 atom stereocenters. The van der Waals surface area contributed by atoms with Gasteiger partial charge >= 0.3 is 5.97 Å². The summed E-state index contributed by atoms with van der Waals surface area (Å²) < 4.78 is 40.3. The zero-order valence-corrected chi connectivity index (χ0v) is 14.1. The molecule has 2 unspecified atom stereocenters. The first-order chi connectivity index (χ1) is 11.5. The van der Waals surface area contributed by atoms with Crippen LogP contribution in [0.4, 0.5) is 0 Å². The van der Waals surface area contributed by atoms with Gasteiger partial charge in [-0.25, -0.2) is 4.18 Å². The predicted molar refractivity (Wildman–Crippen MR) is 87.4 cm³/mol. The fourth-order valence-corrected chi connectivity index (χ4v) is 3.26. The van der Waals surface area contributed by atoms with Crippen LogP contribution in [0, 0.1) is 0 Å². The van der Waals surface area contributed by atoms with Crippen LogP contribution < -0.4 is 0 Å². The molecule has 0 saturated carbocycles. The van der Waals surface area contributed by atoms with Gasteiger partial charge in [-0.05, 0) is 17.7 Å². The zero-order chi connectivity index (χ0) is 17.0. The van der Waals surface area contributed by atoms with Gasteiger partial charge in [0.1, 0.15) is 0 Å². The number of ether oxygens (including phenoxy) is 2. The fourth-order valence-electron chi connectivity index (χ4n) is 2.65. The molecule has 0 aliphatic carbocycles. The average molecular weight is 349 g/mol. The Balaban J connectivity index is 1.89. The Hall–Kier alpha value is -1.80. The molecule has 1 aromatic heterocycles. The van der Waals surface area contributed by atoms with Crippen LogP contribution in [-0.2, 0) is 30.2 Å². The first-order valence-electron chi connectivity index (χ1n) is 7.63. The topological polar surface area (TPSA) is 74.7 Å². The maximum absolute atomic E-state index is 11.7. The van der Waals surface area contributed by atoms with Gasteiger partial charge in [-0.3, -0.25) is 4.98 Å². The van der Waals surface area contributed by atoms with Crippen molar-refractivity contribution >= 4 is 10.1 Å². The molecule has 1 aliphatic heterocycles. The molecule has 3 rings (SSSR count).